The van der Waals surface area contributed by atoms with Gasteiger partial charge in [-0.25, -0.2) is 4.39 Å². The van der Waals surface area contributed by atoms with Gasteiger partial charge in [0.05, 0.1) is 12.1 Å². The lowest BCUT2D eigenvalue weighted by Crippen LogP contribution is -2.28. The molecular weight excluding hydrogens is 193 g/mol. The van der Waals surface area contributed by atoms with E-state index in [0.717, 1.165) is 24.0 Å². The third-order valence-electron chi connectivity index (χ3n) is 3.07. The van der Waals surface area contributed by atoms with Gasteiger partial charge in [0.25, 0.3) is 0 Å². The maximum Gasteiger partial charge on any atom is 0.123 e. The van der Waals surface area contributed by atoms with Crippen LogP contribution in [0.5, 0.6) is 0 Å². The van der Waals surface area contributed by atoms with Gasteiger partial charge in [-0.1, -0.05) is 6.07 Å². The summed E-state index contributed by atoms with van der Waals surface area (Å²) in [7, 11) is 0. The largest absolute Gasteiger partial charge is 0.391 e. The zero-order valence-corrected chi connectivity index (χ0v) is 8.78. The molecular formula is C12H16FNO. The molecule has 0 aliphatic heterocycles. The summed E-state index contributed by atoms with van der Waals surface area (Å²) in [5, 5.41) is 9.88. The fraction of sp³-hybridized carbons (Fsp3) is 0.500. The zero-order valence-electron chi connectivity index (χ0n) is 8.78. The average molecular weight is 209 g/mol. The van der Waals surface area contributed by atoms with Crippen molar-refractivity contribution < 1.29 is 9.50 Å². The van der Waals surface area contributed by atoms with Gasteiger partial charge in [0.2, 0.25) is 0 Å². The highest BCUT2D eigenvalue weighted by Gasteiger charge is 2.34. The summed E-state index contributed by atoms with van der Waals surface area (Å²) in [6, 6.07) is 4.07. The number of nitrogens with two attached hydrogens (primary N) is 1. The topological polar surface area (TPSA) is 46.2 Å². The fourth-order valence-electron chi connectivity index (χ4n) is 1.89. The molecule has 1 aliphatic carbocycles. The molecule has 0 amide bonds. The maximum atomic E-state index is 13.1. The summed E-state index contributed by atoms with van der Waals surface area (Å²) >= 11 is 0. The minimum absolute atomic E-state index is 0.297. The Hall–Kier alpha value is -0.930. The first-order valence-electron chi connectivity index (χ1n) is 5.29. The minimum atomic E-state index is -0.537. The SMILES string of the molecule is Cc1ccc(F)cc1[C@H](N)[C@H](O)C1CC1. The van der Waals surface area contributed by atoms with Gasteiger partial charge in [-0.3, -0.25) is 0 Å². The second-order valence-corrected chi connectivity index (χ2v) is 4.35. The molecule has 1 aromatic rings. The highest BCUT2D eigenvalue weighted by Crippen LogP contribution is 2.37. The van der Waals surface area contributed by atoms with Crippen LogP contribution in [-0.2, 0) is 0 Å². The lowest BCUT2D eigenvalue weighted by Gasteiger charge is -2.20. The summed E-state index contributed by atoms with van der Waals surface area (Å²) in [5.74, 6) is 0.0108. The molecule has 2 nitrogen and oxygen atoms in total. The van der Waals surface area contributed by atoms with Crippen LogP contribution >= 0.6 is 0 Å². The molecule has 2 atom stereocenters. The van der Waals surface area contributed by atoms with Gasteiger partial charge in [-0.2, -0.15) is 0 Å². The van der Waals surface area contributed by atoms with Crippen molar-refractivity contribution in [1.82, 2.24) is 0 Å². The van der Waals surface area contributed by atoms with Crippen LogP contribution in [0, 0.1) is 18.7 Å². The molecule has 0 heterocycles. The lowest BCUT2D eigenvalue weighted by molar-refractivity contribution is 0.122. The van der Waals surface area contributed by atoms with Gasteiger partial charge in [-0.15, -0.1) is 0 Å². The van der Waals surface area contributed by atoms with Gasteiger partial charge in [0.1, 0.15) is 5.82 Å². The van der Waals surface area contributed by atoms with Crippen molar-refractivity contribution in [1.29, 1.82) is 0 Å². The Bertz CT molecular complexity index is 363. The number of rotatable bonds is 3. The monoisotopic (exact) mass is 209 g/mol. The predicted molar refractivity (Wildman–Crippen MR) is 56.8 cm³/mol. The number of hydrogen-bond acceptors (Lipinski definition) is 2. The first kappa shape index (κ1) is 10.6. The minimum Gasteiger partial charge on any atom is -0.391 e. The first-order valence-corrected chi connectivity index (χ1v) is 5.29. The Morgan fingerprint density at radius 1 is 1.47 bits per heavy atom. The molecule has 3 heteroatoms. The molecule has 82 valence electrons. The third-order valence-corrected chi connectivity index (χ3v) is 3.07. The molecule has 0 unspecified atom stereocenters. The maximum absolute atomic E-state index is 13.1. The Balaban J connectivity index is 2.23. The van der Waals surface area contributed by atoms with Crippen LogP contribution in [0.4, 0.5) is 4.39 Å². The second kappa shape index (κ2) is 3.91. The Kier molecular flexibility index (Phi) is 2.76. The van der Waals surface area contributed by atoms with Gasteiger partial charge >= 0.3 is 0 Å². The lowest BCUT2D eigenvalue weighted by atomic mass is 9.95. The molecule has 1 aromatic carbocycles. The van der Waals surface area contributed by atoms with E-state index >= 15 is 0 Å². The number of benzene rings is 1. The van der Waals surface area contributed by atoms with E-state index in [1.54, 1.807) is 6.07 Å². The number of aliphatic hydroxyl groups excluding tert-OH is 1. The van der Waals surface area contributed by atoms with Crippen molar-refractivity contribution in [3.63, 3.8) is 0 Å². The van der Waals surface area contributed by atoms with Crippen LogP contribution in [-0.4, -0.2) is 11.2 Å². The van der Waals surface area contributed by atoms with E-state index in [2.05, 4.69) is 0 Å². The van der Waals surface area contributed by atoms with Crippen LogP contribution in [0.1, 0.15) is 30.0 Å². The number of halogens is 1. The Labute approximate surface area is 88.9 Å². The van der Waals surface area contributed by atoms with E-state index < -0.39 is 12.1 Å². The van der Waals surface area contributed by atoms with Crippen molar-refractivity contribution >= 4 is 0 Å². The summed E-state index contributed by atoms with van der Waals surface area (Å²) < 4.78 is 13.1. The summed E-state index contributed by atoms with van der Waals surface area (Å²) in [5.41, 5.74) is 7.58. The van der Waals surface area contributed by atoms with Crippen LogP contribution in [0.2, 0.25) is 0 Å². The molecule has 0 spiro atoms. The van der Waals surface area contributed by atoms with Crippen molar-refractivity contribution in [2.75, 3.05) is 0 Å². The van der Waals surface area contributed by atoms with Gasteiger partial charge < -0.3 is 10.8 Å². The Morgan fingerprint density at radius 3 is 2.73 bits per heavy atom. The summed E-state index contributed by atoms with van der Waals surface area (Å²) in [4.78, 5) is 0. The van der Waals surface area contributed by atoms with Gasteiger partial charge in [0, 0.05) is 0 Å². The first-order chi connectivity index (χ1) is 7.09. The number of hydrogen-bond donors (Lipinski definition) is 2. The molecule has 0 saturated heterocycles. The molecule has 0 aromatic heterocycles. The van der Waals surface area contributed by atoms with Crippen molar-refractivity contribution in [2.45, 2.75) is 31.9 Å². The molecule has 0 bridgehead atoms. The van der Waals surface area contributed by atoms with Crippen LogP contribution in [0.15, 0.2) is 18.2 Å². The van der Waals surface area contributed by atoms with E-state index in [0.29, 0.717) is 5.92 Å². The van der Waals surface area contributed by atoms with Crippen LogP contribution in [0.25, 0.3) is 0 Å². The number of aryl methyl sites for hydroxylation is 1. The summed E-state index contributed by atoms with van der Waals surface area (Å²) in [6.45, 7) is 1.88. The normalized spacial score (nSPS) is 20.0. The van der Waals surface area contributed by atoms with E-state index in [1.807, 2.05) is 6.92 Å². The van der Waals surface area contributed by atoms with Gasteiger partial charge in [0.15, 0.2) is 0 Å². The van der Waals surface area contributed by atoms with Crippen molar-refractivity contribution in [3.05, 3.63) is 35.1 Å². The number of aliphatic hydroxyl groups is 1. The molecule has 15 heavy (non-hydrogen) atoms. The van der Waals surface area contributed by atoms with E-state index in [-0.39, 0.29) is 5.82 Å². The van der Waals surface area contributed by atoms with Gasteiger partial charge in [-0.05, 0) is 48.9 Å². The second-order valence-electron chi connectivity index (χ2n) is 4.35. The predicted octanol–water partition coefficient (Wildman–Crippen LogP) is 1.90. The zero-order chi connectivity index (χ0) is 11.0. The van der Waals surface area contributed by atoms with Crippen molar-refractivity contribution in [3.8, 4) is 0 Å². The third kappa shape index (κ3) is 2.19. The molecule has 3 N–H and O–H groups in total. The van der Waals surface area contributed by atoms with Crippen molar-refractivity contribution in [2.24, 2.45) is 11.7 Å². The summed E-state index contributed by atoms with van der Waals surface area (Å²) in [6.07, 6.45) is 1.53. The molecule has 2 rings (SSSR count). The Morgan fingerprint density at radius 2 is 2.13 bits per heavy atom. The highest BCUT2D eigenvalue weighted by atomic mass is 19.1. The van der Waals surface area contributed by atoms with Crippen LogP contribution in [0.3, 0.4) is 0 Å². The van der Waals surface area contributed by atoms with E-state index in [9.17, 15) is 9.50 Å². The molecule has 1 saturated carbocycles. The standard InChI is InChI=1S/C12H16FNO/c1-7-2-5-9(13)6-10(7)11(14)12(15)8-3-4-8/h2,5-6,8,11-12,15H,3-4,14H2,1H3/t11-,12+/m0/s1. The fourth-order valence-corrected chi connectivity index (χ4v) is 1.89. The van der Waals surface area contributed by atoms with E-state index in [1.165, 1.54) is 12.1 Å². The van der Waals surface area contributed by atoms with Crippen LogP contribution < -0.4 is 5.73 Å². The average Bonchev–Trinajstić information content (AvgIpc) is 3.03. The molecule has 1 aliphatic rings. The van der Waals surface area contributed by atoms with E-state index in [4.69, 9.17) is 5.73 Å². The quantitative estimate of drug-likeness (QED) is 0.798. The smallest absolute Gasteiger partial charge is 0.123 e. The molecule has 0 radical (unpaired) electrons. The highest BCUT2D eigenvalue weighted by molar-refractivity contribution is 5.30. The molecule has 1 fully saturated rings.